The van der Waals surface area contributed by atoms with Gasteiger partial charge in [-0.25, -0.2) is 8.78 Å². The third-order valence-corrected chi connectivity index (χ3v) is 4.47. The quantitative estimate of drug-likeness (QED) is 0.495. The number of hydrogen-bond donors (Lipinski definition) is 1. The van der Waals surface area contributed by atoms with E-state index in [1.165, 1.54) is 0 Å². The van der Waals surface area contributed by atoms with Crippen LogP contribution in [-0.4, -0.2) is 54.2 Å². The van der Waals surface area contributed by atoms with Gasteiger partial charge < -0.3 is 4.90 Å². The van der Waals surface area contributed by atoms with E-state index in [1.54, 1.807) is 0 Å². The molecule has 0 spiro atoms. The minimum atomic E-state index is -4.56. The van der Waals surface area contributed by atoms with Crippen molar-refractivity contribution in [3.05, 3.63) is 59.2 Å². The first kappa shape index (κ1) is 19.7. The normalized spacial score (nSPS) is 13.6. The van der Waals surface area contributed by atoms with Crippen LogP contribution in [0.15, 0.2) is 41.3 Å². The van der Waals surface area contributed by atoms with E-state index >= 15 is 0 Å². The number of anilines is 1. The van der Waals surface area contributed by atoms with Crippen molar-refractivity contribution in [2.24, 2.45) is 0 Å². The summed E-state index contributed by atoms with van der Waals surface area (Å²) in [7, 11) is -4.56. The van der Waals surface area contributed by atoms with Gasteiger partial charge in [-0.1, -0.05) is 6.07 Å². The first-order valence-electron chi connectivity index (χ1n) is 6.61. The molecular formula is C15H10F2NNaO5S. The summed E-state index contributed by atoms with van der Waals surface area (Å²) in [5, 5.41) is 0. The zero-order valence-corrected chi connectivity index (χ0v) is 12.7. The molecule has 1 N–H and O–H groups in total. The molecule has 1 amide bonds. The number of halogens is 2. The average molecular weight is 377 g/mol. The fraction of sp³-hybridized carbons (Fsp3) is 0.0667. The molecule has 25 heavy (non-hydrogen) atoms. The molecule has 0 saturated heterocycles. The second-order valence-corrected chi connectivity index (χ2v) is 6.50. The zero-order valence-electron chi connectivity index (χ0n) is 11.9. The second kappa shape index (κ2) is 6.93. The minimum absolute atomic E-state index is 0. The number of rotatable bonds is 3. The average Bonchev–Trinajstić information content (AvgIpc) is 2.74. The van der Waals surface area contributed by atoms with Gasteiger partial charge >= 0.3 is 29.6 Å². The number of Topliss-reactive ketones (excluding diaryl/α,β-unsaturated/α-hetero) is 1. The van der Waals surface area contributed by atoms with Gasteiger partial charge in [0.2, 0.25) is 0 Å². The summed E-state index contributed by atoms with van der Waals surface area (Å²) in [5.74, 6) is -3.82. The SMILES string of the molecule is O=C1C(=O)N(Cc2c(F)cccc2F)c2ccc(S(=O)(=O)O)cc21.[NaH]. The number of carbonyl (C=O) groups excluding carboxylic acids is 2. The number of benzene rings is 2. The van der Waals surface area contributed by atoms with Crippen LogP contribution in [0.3, 0.4) is 0 Å². The summed E-state index contributed by atoms with van der Waals surface area (Å²) < 4.78 is 58.8. The topological polar surface area (TPSA) is 91.8 Å². The van der Waals surface area contributed by atoms with E-state index < -0.39 is 50.4 Å². The van der Waals surface area contributed by atoms with E-state index in [0.29, 0.717) is 0 Å². The second-order valence-electron chi connectivity index (χ2n) is 5.07. The van der Waals surface area contributed by atoms with E-state index in [4.69, 9.17) is 4.55 Å². The van der Waals surface area contributed by atoms with Crippen molar-refractivity contribution in [2.75, 3.05) is 4.90 Å². The van der Waals surface area contributed by atoms with Crippen LogP contribution in [0.5, 0.6) is 0 Å². The van der Waals surface area contributed by atoms with E-state index in [-0.39, 0.29) is 40.8 Å². The Morgan fingerprint density at radius 1 is 1.04 bits per heavy atom. The van der Waals surface area contributed by atoms with Crippen molar-refractivity contribution >= 4 is 57.1 Å². The Morgan fingerprint density at radius 2 is 1.64 bits per heavy atom. The summed E-state index contributed by atoms with van der Waals surface area (Å²) in [6.45, 7) is -0.526. The predicted octanol–water partition coefficient (Wildman–Crippen LogP) is 1.29. The molecule has 2 aromatic carbocycles. The van der Waals surface area contributed by atoms with Gasteiger partial charge in [0.1, 0.15) is 11.6 Å². The summed E-state index contributed by atoms with van der Waals surface area (Å²) in [6, 6.07) is 6.16. The van der Waals surface area contributed by atoms with Gasteiger partial charge in [-0.15, -0.1) is 0 Å². The van der Waals surface area contributed by atoms with Crippen LogP contribution in [0.2, 0.25) is 0 Å². The molecule has 0 unspecified atom stereocenters. The molecule has 10 heteroatoms. The van der Waals surface area contributed by atoms with Gasteiger partial charge in [-0.2, -0.15) is 8.42 Å². The predicted molar refractivity (Wildman–Crippen MR) is 85.3 cm³/mol. The van der Waals surface area contributed by atoms with Crippen LogP contribution in [-0.2, 0) is 21.5 Å². The molecule has 1 aliphatic rings. The van der Waals surface area contributed by atoms with Crippen LogP contribution in [0.1, 0.15) is 15.9 Å². The fourth-order valence-electron chi connectivity index (χ4n) is 2.44. The number of fused-ring (bicyclic) bond motifs is 1. The summed E-state index contributed by atoms with van der Waals surface area (Å²) in [4.78, 5) is 24.4. The Labute approximate surface area is 163 Å². The van der Waals surface area contributed by atoms with Crippen molar-refractivity contribution in [1.29, 1.82) is 0 Å². The van der Waals surface area contributed by atoms with Gasteiger partial charge in [-0.05, 0) is 30.3 Å². The Balaban J connectivity index is 0.00000225. The van der Waals surface area contributed by atoms with Crippen molar-refractivity contribution in [3.8, 4) is 0 Å². The molecule has 0 radical (unpaired) electrons. The Morgan fingerprint density at radius 3 is 2.20 bits per heavy atom. The van der Waals surface area contributed by atoms with Gasteiger partial charge in [0.15, 0.2) is 0 Å². The standard InChI is InChI=1S/C15H9F2NO5S.Na.H/c16-11-2-1-3-12(17)10(11)7-18-13-5-4-8(24(21,22)23)6-9(13)14(19)15(18)20;;/h1-6H,7H2,(H,21,22,23);;. The van der Waals surface area contributed by atoms with Crippen LogP contribution in [0, 0.1) is 11.6 Å². The molecule has 0 bridgehead atoms. The summed E-state index contributed by atoms with van der Waals surface area (Å²) in [5.41, 5.74) is -0.641. The van der Waals surface area contributed by atoms with E-state index in [2.05, 4.69) is 0 Å². The number of carbonyl (C=O) groups is 2. The van der Waals surface area contributed by atoms with Gasteiger partial charge in [0, 0.05) is 5.56 Å². The van der Waals surface area contributed by atoms with Crippen molar-refractivity contribution in [2.45, 2.75) is 11.4 Å². The van der Waals surface area contributed by atoms with Crippen molar-refractivity contribution < 1.29 is 31.3 Å². The van der Waals surface area contributed by atoms with E-state index in [9.17, 15) is 26.8 Å². The molecule has 6 nitrogen and oxygen atoms in total. The van der Waals surface area contributed by atoms with Crippen LogP contribution < -0.4 is 4.90 Å². The van der Waals surface area contributed by atoms with Gasteiger partial charge in [0.25, 0.3) is 21.8 Å². The van der Waals surface area contributed by atoms with Gasteiger partial charge in [0.05, 0.1) is 22.7 Å². The molecule has 0 fully saturated rings. The van der Waals surface area contributed by atoms with Crippen LogP contribution in [0.25, 0.3) is 0 Å². The van der Waals surface area contributed by atoms with Crippen LogP contribution in [0.4, 0.5) is 14.5 Å². The molecule has 3 rings (SSSR count). The Hall–Kier alpha value is -1.65. The number of ketones is 1. The number of nitrogens with zero attached hydrogens (tertiary/aromatic N) is 1. The van der Waals surface area contributed by atoms with Crippen molar-refractivity contribution in [1.82, 2.24) is 0 Å². The third kappa shape index (κ3) is 3.51. The maximum absolute atomic E-state index is 13.7. The first-order valence-corrected chi connectivity index (χ1v) is 8.05. The van der Waals surface area contributed by atoms with Gasteiger partial charge in [-0.3, -0.25) is 14.1 Å². The summed E-state index contributed by atoms with van der Waals surface area (Å²) >= 11 is 0. The number of amides is 1. The molecule has 0 saturated carbocycles. The molecule has 1 aliphatic heterocycles. The fourth-order valence-corrected chi connectivity index (χ4v) is 2.95. The molecule has 1 heterocycles. The Kier molecular flexibility index (Phi) is 5.45. The molecule has 0 atom stereocenters. The van der Waals surface area contributed by atoms with Crippen LogP contribution >= 0.6 is 0 Å². The first-order chi connectivity index (χ1) is 11.2. The zero-order chi connectivity index (χ0) is 17.6. The Bertz CT molecular complexity index is 973. The third-order valence-electron chi connectivity index (χ3n) is 3.62. The number of hydrogen-bond acceptors (Lipinski definition) is 4. The van der Waals surface area contributed by atoms with E-state index in [0.717, 1.165) is 41.3 Å². The molecule has 2 aromatic rings. The molecule has 126 valence electrons. The molecule has 0 aliphatic carbocycles. The molecule has 0 aromatic heterocycles. The maximum atomic E-state index is 13.7. The summed E-state index contributed by atoms with van der Waals surface area (Å²) in [6.07, 6.45) is 0. The van der Waals surface area contributed by atoms with Crippen molar-refractivity contribution in [3.63, 3.8) is 0 Å². The molecular weight excluding hydrogens is 367 g/mol. The van der Waals surface area contributed by atoms with E-state index in [1.807, 2.05) is 0 Å². The monoisotopic (exact) mass is 377 g/mol.